The fraction of sp³-hybridized carbons (Fsp3) is 0.167. The Balaban J connectivity index is 0.00000144. The van der Waals surface area contributed by atoms with Crippen LogP contribution in [0, 0.1) is 14.9 Å². The molecular weight excluding hydrogens is 809 g/mol. The summed E-state index contributed by atoms with van der Waals surface area (Å²) in [7, 11) is -1.73. The molecule has 4 aromatic carbocycles. The molecule has 0 fully saturated rings. The van der Waals surface area contributed by atoms with Crippen LogP contribution >= 0.6 is 15.8 Å². The monoisotopic (exact) mass is 843 g/mol. The Morgan fingerprint density at radius 3 is 1.11 bits per heavy atom. The minimum Gasteiger partial charge on any atom is -0.358 e. The maximum absolute atomic E-state index is 13.9. The van der Waals surface area contributed by atoms with Gasteiger partial charge in [0.1, 0.15) is 0 Å². The van der Waals surface area contributed by atoms with Gasteiger partial charge in [-0.1, -0.05) is 101 Å². The second-order valence-electron chi connectivity index (χ2n) is 11.3. The van der Waals surface area contributed by atoms with Crippen LogP contribution < -0.4 is 22.2 Å². The summed E-state index contributed by atoms with van der Waals surface area (Å²) in [6.07, 6.45) is 2.57. The van der Waals surface area contributed by atoms with Gasteiger partial charge in [-0.15, -0.1) is 0 Å². The van der Waals surface area contributed by atoms with Gasteiger partial charge in [-0.25, -0.2) is 18.7 Å². The number of hydrogen-bond acceptors (Lipinski definition) is 4. The molecule has 2 aliphatic rings. The van der Waals surface area contributed by atoms with Gasteiger partial charge in [0.25, 0.3) is 22.2 Å². The van der Waals surface area contributed by atoms with Crippen molar-refractivity contribution in [1.82, 2.24) is 18.7 Å². The van der Waals surface area contributed by atoms with E-state index in [1.807, 2.05) is 60.7 Å². The first-order valence-corrected chi connectivity index (χ1v) is 18.2. The predicted molar refractivity (Wildman–Crippen MR) is 190 cm³/mol. The molecule has 0 saturated heterocycles. The Bertz CT molecular complexity index is 2150. The summed E-state index contributed by atoms with van der Waals surface area (Å²) >= 11 is 0. The largest absolute Gasteiger partial charge is 2.00 e. The van der Waals surface area contributed by atoms with Gasteiger partial charge in [-0.3, -0.25) is 19.2 Å². The molecule has 8 nitrogen and oxygen atoms in total. The van der Waals surface area contributed by atoms with Crippen LogP contribution in [0.2, 0.25) is 0 Å². The quantitative estimate of drug-likeness (QED) is 0.152. The Morgan fingerprint density at radius 2 is 0.766 bits per heavy atom. The zero-order valence-electron chi connectivity index (χ0n) is 26.0. The zero-order valence-corrected chi connectivity index (χ0v) is 30.1. The van der Waals surface area contributed by atoms with Crippen LogP contribution in [0.25, 0.3) is 21.5 Å². The van der Waals surface area contributed by atoms with E-state index in [-0.39, 0.29) is 69.7 Å². The molecule has 4 atom stereocenters. The maximum atomic E-state index is 13.9. The Kier molecular flexibility index (Phi) is 10.2. The van der Waals surface area contributed by atoms with E-state index in [2.05, 4.69) is 0 Å². The van der Waals surface area contributed by atoms with Gasteiger partial charge in [0, 0.05) is 0 Å². The summed E-state index contributed by atoms with van der Waals surface area (Å²) in [5.74, 6) is -0.474. The third kappa shape index (κ3) is 5.55. The summed E-state index contributed by atoms with van der Waals surface area (Å²) in [6, 6.07) is 34.1. The molecule has 0 N–H and O–H groups in total. The SMILES string of the molecule is O=c1c2ccccc2c(=O)n2n1CP(CCP1Cn3c(=O)c4ccccc4c(=O)n3C1c1ccccc1)C2c1ccccc1.[CH3-].[CH3-].[Pt+2]. The first-order valence-electron chi connectivity index (χ1n) is 14.6. The van der Waals surface area contributed by atoms with Gasteiger partial charge in [-0.2, -0.15) is 0 Å². The van der Waals surface area contributed by atoms with Crippen molar-refractivity contribution in [2.75, 3.05) is 12.3 Å². The van der Waals surface area contributed by atoms with Crippen LogP contribution in [-0.2, 0) is 33.6 Å². The minimum atomic E-state index is -0.866. The minimum absolute atomic E-state index is 0. The fourth-order valence-electron chi connectivity index (χ4n) is 6.81. The molecule has 2 aromatic heterocycles. The Hall–Kier alpha value is -3.69. The van der Waals surface area contributed by atoms with E-state index in [0.29, 0.717) is 34.1 Å². The average molecular weight is 844 g/mol. The molecule has 2 aliphatic heterocycles. The third-order valence-corrected chi connectivity index (χ3v) is 14.5. The molecule has 242 valence electrons. The van der Waals surface area contributed by atoms with Gasteiger partial charge in [-0.05, 0) is 47.7 Å². The van der Waals surface area contributed by atoms with Gasteiger partial charge >= 0.3 is 21.1 Å². The van der Waals surface area contributed by atoms with Gasteiger partial charge < -0.3 is 14.9 Å². The number of rotatable bonds is 5. The summed E-state index contributed by atoms with van der Waals surface area (Å²) in [4.78, 5) is 55.1. The zero-order chi connectivity index (χ0) is 29.9. The summed E-state index contributed by atoms with van der Waals surface area (Å²) < 4.78 is 6.69. The Labute approximate surface area is 289 Å². The van der Waals surface area contributed by atoms with E-state index >= 15 is 0 Å². The summed E-state index contributed by atoms with van der Waals surface area (Å²) in [5.41, 5.74) is 1.45. The summed E-state index contributed by atoms with van der Waals surface area (Å²) in [6.45, 7) is 0. The summed E-state index contributed by atoms with van der Waals surface area (Å²) in [5, 5.41) is 1.78. The van der Waals surface area contributed by atoms with E-state index in [1.165, 1.54) is 0 Å². The number of nitrogens with zero attached hydrogens (tertiary/aromatic N) is 4. The second-order valence-corrected chi connectivity index (χ2v) is 16.1. The molecule has 6 aromatic rings. The molecule has 0 amide bonds. The van der Waals surface area contributed by atoms with Crippen LogP contribution in [0.1, 0.15) is 22.7 Å². The third-order valence-electron chi connectivity index (χ3n) is 8.84. The van der Waals surface area contributed by atoms with Crippen molar-refractivity contribution in [3.8, 4) is 0 Å². The van der Waals surface area contributed by atoms with Gasteiger partial charge in [0.05, 0.1) is 45.7 Å². The number of aromatic nitrogens is 4. The molecular formula is C36H34N4O4P2Pt. The van der Waals surface area contributed by atoms with E-state index in [0.717, 1.165) is 23.5 Å². The van der Waals surface area contributed by atoms with Crippen molar-refractivity contribution < 1.29 is 21.1 Å². The molecule has 0 aliphatic carbocycles. The van der Waals surface area contributed by atoms with Crippen LogP contribution in [-0.4, -0.2) is 31.1 Å². The average Bonchev–Trinajstić information content (AvgIpc) is 3.66. The molecule has 11 heteroatoms. The smallest absolute Gasteiger partial charge is 0.358 e. The number of hydrogen-bond donors (Lipinski definition) is 0. The van der Waals surface area contributed by atoms with Crippen LogP contribution in [0.15, 0.2) is 128 Å². The van der Waals surface area contributed by atoms with Crippen molar-refractivity contribution in [3.05, 3.63) is 177 Å². The normalized spacial score (nSPS) is 19.3. The number of benzene rings is 4. The first kappa shape index (κ1) is 34.6. The Morgan fingerprint density at radius 1 is 0.468 bits per heavy atom. The molecule has 0 radical (unpaired) electrons. The topological polar surface area (TPSA) is 88.0 Å². The second kappa shape index (κ2) is 13.8. The van der Waals surface area contributed by atoms with Crippen LogP contribution in [0.5, 0.6) is 0 Å². The van der Waals surface area contributed by atoms with Crippen molar-refractivity contribution in [1.29, 1.82) is 0 Å². The van der Waals surface area contributed by atoms with Gasteiger partial charge in [0.15, 0.2) is 0 Å². The van der Waals surface area contributed by atoms with Crippen LogP contribution in [0.3, 0.4) is 0 Å². The fourth-order valence-corrected chi connectivity index (χ4v) is 13.4. The standard InChI is InChI=1S/C34H28N4O4P2.2CH3.Pt/c39-29-25-15-7-9-17-27(25)31(41)37-33(23-11-3-1-4-12-23)43(21-35(29)37)19-20-44-22-36-30(40)26-16-8-10-18-28(26)32(42)38(36)34(44)24-13-5-2-6-14-24;;;/h1-18,33-34H,19-22H2;2*1H3;/q;2*-1;+2. The van der Waals surface area contributed by atoms with Crippen molar-refractivity contribution in [2.45, 2.75) is 24.1 Å². The first-order chi connectivity index (χ1) is 21.5. The molecule has 0 spiro atoms. The molecule has 0 saturated carbocycles. The molecule has 4 unspecified atom stereocenters. The van der Waals surface area contributed by atoms with E-state index in [1.54, 1.807) is 67.3 Å². The number of fused-ring (bicyclic) bond motifs is 4. The molecule has 0 bridgehead atoms. The maximum Gasteiger partial charge on any atom is 2.00 e. The van der Waals surface area contributed by atoms with E-state index in [4.69, 9.17) is 0 Å². The van der Waals surface area contributed by atoms with E-state index in [9.17, 15) is 19.2 Å². The van der Waals surface area contributed by atoms with Gasteiger partial charge in [0.2, 0.25) is 0 Å². The molecule has 47 heavy (non-hydrogen) atoms. The van der Waals surface area contributed by atoms with Crippen molar-refractivity contribution >= 4 is 37.4 Å². The van der Waals surface area contributed by atoms with Crippen LogP contribution in [0.4, 0.5) is 0 Å². The van der Waals surface area contributed by atoms with E-state index < -0.39 is 15.8 Å². The molecule has 8 rings (SSSR count). The molecule has 4 heterocycles. The van der Waals surface area contributed by atoms with Crippen molar-refractivity contribution in [3.63, 3.8) is 0 Å². The predicted octanol–water partition coefficient (Wildman–Crippen LogP) is 6.24. The van der Waals surface area contributed by atoms with Crippen molar-refractivity contribution in [2.24, 2.45) is 0 Å².